The molecule has 0 amide bonds. The molecule has 0 spiro atoms. The topological polar surface area (TPSA) is 72.2 Å². The van der Waals surface area contributed by atoms with Crippen LogP contribution in [0.5, 0.6) is 0 Å². The molecule has 1 aromatic rings. The molecule has 1 aromatic heterocycles. The van der Waals surface area contributed by atoms with Crippen molar-refractivity contribution in [2.24, 2.45) is 11.7 Å². The van der Waals surface area contributed by atoms with Gasteiger partial charge >= 0.3 is 0 Å². The average Bonchev–Trinajstić information content (AvgIpc) is 2.57. The van der Waals surface area contributed by atoms with Gasteiger partial charge in [-0.3, -0.25) is 0 Å². The van der Waals surface area contributed by atoms with Gasteiger partial charge in [0.1, 0.15) is 4.21 Å². The fourth-order valence-electron chi connectivity index (χ4n) is 1.90. The maximum atomic E-state index is 12.2. The largest absolute Gasteiger partial charge is 0.326 e. The minimum absolute atomic E-state index is 0.0567. The highest BCUT2D eigenvalue weighted by Gasteiger charge is 2.21. The van der Waals surface area contributed by atoms with E-state index in [1.54, 1.807) is 6.07 Å². The third-order valence-electron chi connectivity index (χ3n) is 2.63. The monoisotopic (exact) mass is 290 g/mol. The molecular formula is C12H22N2O2S2. The van der Waals surface area contributed by atoms with Gasteiger partial charge in [0.15, 0.2) is 0 Å². The molecule has 0 aliphatic heterocycles. The molecule has 18 heavy (non-hydrogen) atoms. The van der Waals surface area contributed by atoms with Crippen LogP contribution in [0, 0.1) is 12.8 Å². The summed E-state index contributed by atoms with van der Waals surface area (Å²) in [5, 5.41) is 0. The molecule has 0 saturated carbocycles. The molecule has 0 saturated heterocycles. The van der Waals surface area contributed by atoms with E-state index in [4.69, 9.17) is 5.73 Å². The molecular weight excluding hydrogens is 268 g/mol. The van der Waals surface area contributed by atoms with Gasteiger partial charge in [0.25, 0.3) is 0 Å². The first-order valence-electron chi connectivity index (χ1n) is 6.08. The summed E-state index contributed by atoms with van der Waals surface area (Å²) in [5.74, 6) is 0.465. The van der Waals surface area contributed by atoms with E-state index in [1.165, 1.54) is 11.3 Å². The first-order valence-corrected chi connectivity index (χ1v) is 8.38. The maximum absolute atomic E-state index is 12.2. The minimum atomic E-state index is -3.40. The SMILES string of the molecule is Cc1cc(S(=O)(=O)NC(C)CC(C)C)sc1CN. The van der Waals surface area contributed by atoms with E-state index in [2.05, 4.69) is 18.6 Å². The van der Waals surface area contributed by atoms with Crippen molar-refractivity contribution in [3.05, 3.63) is 16.5 Å². The lowest BCUT2D eigenvalue weighted by molar-refractivity contribution is 0.483. The third-order valence-corrected chi connectivity index (χ3v) is 5.95. The van der Waals surface area contributed by atoms with Crippen molar-refractivity contribution in [1.82, 2.24) is 4.72 Å². The lowest BCUT2D eigenvalue weighted by Gasteiger charge is -2.15. The molecule has 104 valence electrons. The van der Waals surface area contributed by atoms with E-state index in [0.29, 0.717) is 16.7 Å². The zero-order chi connectivity index (χ0) is 13.9. The number of sulfonamides is 1. The summed E-state index contributed by atoms with van der Waals surface area (Å²) in [7, 11) is -3.40. The molecule has 0 aliphatic carbocycles. The number of rotatable bonds is 6. The Morgan fingerprint density at radius 1 is 1.39 bits per heavy atom. The fourth-order valence-corrected chi connectivity index (χ4v) is 4.64. The lowest BCUT2D eigenvalue weighted by atomic mass is 10.1. The molecule has 3 N–H and O–H groups in total. The highest BCUT2D eigenvalue weighted by molar-refractivity contribution is 7.91. The number of aryl methyl sites for hydroxylation is 1. The number of nitrogens with two attached hydrogens (primary N) is 1. The van der Waals surface area contributed by atoms with Crippen molar-refractivity contribution in [3.8, 4) is 0 Å². The van der Waals surface area contributed by atoms with E-state index in [0.717, 1.165) is 16.9 Å². The van der Waals surface area contributed by atoms with E-state index in [1.807, 2.05) is 13.8 Å². The average molecular weight is 290 g/mol. The van der Waals surface area contributed by atoms with E-state index >= 15 is 0 Å². The molecule has 1 rings (SSSR count). The number of thiophene rings is 1. The number of nitrogens with one attached hydrogen (secondary N) is 1. The molecule has 0 fully saturated rings. The van der Waals surface area contributed by atoms with Gasteiger partial charge in [0.05, 0.1) is 0 Å². The van der Waals surface area contributed by atoms with Crippen LogP contribution >= 0.6 is 11.3 Å². The minimum Gasteiger partial charge on any atom is -0.326 e. The van der Waals surface area contributed by atoms with Crippen LogP contribution in [-0.4, -0.2) is 14.5 Å². The Morgan fingerprint density at radius 3 is 2.44 bits per heavy atom. The highest BCUT2D eigenvalue weighted by Crippen LogP contribution is 2.25. The summed E-state index contributed by atoms with van der Waals surface area (Å²) in [4.78, 5) is 0.923. The van der Waals surface area contributed by atoms with Gasteiger partial charge in [-0.05, 0) is 37.8 Å². The Labute approximate surface area is 114 Å². The molecule has 0 bridgehead atoms. The van der Waals surface area contributed by atoms with Gasteiger partial charge in [-0.1, -0.05) is 13.8 Å². The van der Waals surface area contributed by atoms with Crippen molar-refractivity contribution in [2.45, 2.75) is 50.9 Å². The van der Waals surface area contributed by atoms with Gasteiger partial charge in [0.2, 0.25) is 10.0 Å². The molecule has 4 nitrogen and oxygen atoms in total. The van der Waals surface area contributed by atoms with Crippen molar-refractivity contribution < 1.29 is 8.42 Å². The number of hydrogen-bond donors (Lipinski definition) is 2. The van der Waals surface area contributed by atoms with Crippen LogP contribution in [0.4, 0.5) is 0 Å². The summed E-state index contributed by atoms with van der Waals surface area (Å²) in [6.07, 6.45) is 0.827. The molecule has 0 aromatic carbocycles. The van der Waals surface area contributed by atoms with Crippen molar-refractivity contribution in [2.75, 3.05) is 0 Å². The Kier molecular flexibility index (Phi) is 5.33. The second-order valence-electron chi connectivity index (χ2n) is 5.03. The van der Waals surface area contributed by atoms with Gasteiger partial charge < -0.3 is 5.73 Å². The van der Waals surface area contributed by atoms with Crippen LogP contribution in [0.25, 0.3) is 0 Å². The summed E-state index contributed by atoms with van der Waals surface area (Å²) in [6, 6.07) is 1.64. The van der Waals surface area contributed by atoms with Crippen LogP contribution in [-0.2, 0) is 16.6 Å². The third kappa shape index (κ3) is 4.05. The van der Waals surface area contributed by atoms with Gasteiger partial charge in [-0.15, -0.1) is 11.3 Å². The predicted octanol–water partition coefficient (Wildman–Crippen LogP) is 2.23. The second-order valence-corrected chi connectivity index (χ2v) is 8.11. The van der Waals surface area contributed by atoms with Crippen LogP contribution in [0.2, 0.25) is 0 Å². The van der Waals surface area contributed by atoms with Crippen molar-refractivity contribution >= 4 is 21.4 Å². The normalized spacial score (nSPS) is 14.1. The van der Waals surface area contributed by atoms with Gasteiger partial charge in [0, 0.05) is 17.5 Å². The zero-order valence-corrected chi connectivity index (χ0v) is 13.0. The van der Waals surface area contributed by atoms with Crippen LogP contribution < -0.4 is 10.5 Å². The Hall–Kier alpha value is -0.430. The highest BCUT2D eigenvalue weighted by atomic mass is 32.2. The first kappa shape index (κ1) is 15.6. The van der Waals surface area contributed by atoms with Crippen LogP contribution in [0.15, 0.2) is 10.3 Å². The smallest absolute Gasteiger partial charge is 0.250 e. The molecule has 1 unspecified atom stereocenters. The molecule has 0 radical (unpaired) electrons. The van der Waals surface area contributed by atoms with Crippen LogP contribution in [0.1, 0.15) is 37.6 Å². The second kappa shape index (κ2) is 6.14. The van der Waals surface area contributed by atoms with Gasteiger partial charge in [-0.25, -0.2) is 13.1 Å². The molecule has 1 atom stereocenters. The number of hydrogen-bond acceptors (Lipinski definition) is 4. The summed E-state index contributed by atoms with van der Waals surface area (Å²) >= 11 is 1.25. The Bertz CT molecular complexity index is 492. The zero-order valence-electron chi connectivity index (χ0n) is 11.4. The van der Waals surface area contributed by atoms with Gasteiger partial charge in [-0.2, -0.15) is 0 Å². The standard InChI is InChI=1S/C12H22N2O2S2/c1-8(2)5-10(4)14-18(15,16)12-6-9(3)11(7-13)17-12/h6,8,10,14H,5,7,13H2,1-4H3. The Morgan fingerprint density at radius 2 is 2.00 bits per heavy atom. The summed E-state index contributed by atoms with van der Waals surface area (Å²) in [5.41, 5.74) is 6.51. The Balaban J connectivity index is 2.86. The molecule has 1 heterocycles. The first-order chi connectivity index (χ1) is 8.26. The quantitative estimate of drug-likeness (QED) is 0.844. The van der Waals surface area contributed by atoms with E-state index < -0.39 is 10.0 Å². The van der Waals surface area contributed by atoms with Crippen molar-refractivity contribution in [1.29, 1.82) is 0 Å². The van der Waals surface area contributed by atoms with Crippen molar-refractivity contribution in [3.63, 3.8) is 0 Å². The fraction of sp³-hybridized carbons (Fsp3) is 0.667. The lowest BCUT2D eigenvalue weighted by Crippen LogP contribution is -2.33. The van der Waals surface area contributed by atoms with E-state index in [-0.39, 0.29) is 6.04 Å². The molecule has 6 heteroatoms. The predicted molar refractivity (Wildman–Crippen MR) is 76.2 cm³/mol. The summed E-state index contributed by atoms with van der Waals surface area (Å²) < 4.78 is 27.4. The summed E-state index contributed by atoms with van der Waals surface area (Å²) in [6.45, 7) is 8.31. The maximum Gasteiger partial charge on any atom is 0.250 e. The van der Waals surface area contributed by atoms with E-state index in [9.17, 15) is 8.42 Å². The molecule has 0 aliphatic rings. The van der Waals surface area contributed by atoms with Crippen LogP contribution in [0.3, 0.4) is 0 Å².